The van der Waals surface area contributed by atoms with Crippen LogP contribution in [0.1, 0.15) is 110 Å². The Bertz CT molecular complexity index is 5140. The number of benzene rings is 6. The Morgan fingerprint density at radius 2 is 0.865 bits per heavy atom. The lowest BCUT2D eigenvalue weighted by Gasteiger charge is -2.32. The highest BCUT2D eigenvalue weighted by atomic mass is 16.3. The number of likely N-dealkylation sites (N-methyl/N-ethyl adjacent to an activating group) is 1. The van der Waals surface area contributed by atoms with Crippen LogP contribution in [0.2, 0.25) is 0 Å². The van der Waals surface area contributed by atoms with Gasteiger partial charge in [0.1, 0.15) is 29.0 Å². The van der Waals surface area contributed by atoms with Crippen molar-refractivity contribution >= 4 is 28.7 Å². The summed E-state index contributed by atoms with van der Waals surface area (Å²) in [6, 6.07) is 50.3. The summed E-state index contributed by atoms with van der Waals surface area (Å²) in [5.41, 5.74) is 35.1. The number of Topliss-reactive ketones (excluding diaryl/α,β-unsaturated/α-hetero) is 3. The van der Waals surface area contributed by atoms with Crippen molar-refractivity contribution in [1.82, 2.24) is 54.7 Å². The molecule has 7 heterocycles. The molecule has 6 aromatic heterocycles. The number of ketones is 3. The molecule has 0 amide bonds. The molecule has 1 saturated heterocycles. The van der Waals surface area contributed by atoms with Crippen LogP contribution in [-0.4, -0.2) is 115 Å². The third-order valence-corrected chi connectivity index (χ3v) is 17.9. The van der Waals surface area contributed by atoms with Gasteiger partial charge in [-0.2, -0.15) is 0 Å². The first-order chi connectivity index (χ1) is 50.5. The minimum absolute atomic E-state index is 0.123. The smallest absolute Gasteiger partial charge is 0.170 e. The quantitative estimate of drug-likeness (QED) is 0.0276. The number of aromatic nitrogens is 9. The molecule has 2 N–H and O–H groups in total. The number of rotatable bonds is 22. The lowest BCUT2D eigenvalue weighted by Crippen LogP contribution is -2.43. The van der Waals surface area contributed by atoms with E-state index >= 15 is 0 Å². The van der Waals surface area contributed by atoms with Gasteiger partial charge in [0.05, 0.1) is 28.2 Å². The third kappa shape index (κ3) is 19.8. The summed E-state index contributed by atoms with van der Waals surface area (Å²) in [4.78, 5) is 88.9. The SMILES string of the molecule is Cc1ccc(CC(=O)c2cc(C)c(N=[N+]=[N-])cc2O)cc1Cc1nccc(-c2cccnc2)n1.Cc1ccc(CC(=O)c2ccc(CN3CCN(C)CC3)cc2)cc1Cc1nccc(-c2cccnc2)n1.Cc1ccc(CC(=O)c2ccc(N=[N+]=[N-])cc2O)cc1Cc1nccc(-c2cccnc2)n1. The lowest BCUT2D eigenvalue weighted by atomic mass is 9.96. The number of hydrogen-bond acceptors (Lipinski definition) is 18. The van der Waals surface area contributed by atoms with Gasteiger partial charge in [-0.05, 0) is 186 Å². The van der Waals surface area contributed by atoms with Crippen molar-refractivity contribution in [3.05, 3.63) is 336 Å². The van der Waals surface area contributed by atoms with E-state index in [1.54, 1.807) is 62.6 Å². The molecule has 22 heteroatoms. The monoisotopic (exact) mass is 1380 g/mol. The second kappa shape index (κ2) is 35.0. The number of carbonyl (C=O) groups excluding carboxylic acids is 3. The maximum atomic E-state index is 13.1. The zero-order chi connectivity index (χ0) is 72.9. The number of azide groups is 2. The molecule has 0 unspecified atom stereocenters. The number of piperazine rings is 1. The second-order valence-corrected chi connectivity index (χ2v) is 25.4. The van der Waals surface area contributed by atoms with E-state index in [2.05, 4.69) is 108 Å². The van der Waals surface area contributed by atoms with Crippen LogP contribution in [0.5, 0.6) is 11.5 Å². The van der Waals surface area contributed by atoms with Crippen LogP contribution in [0, 0.1) is 27.7 Å². The summed E-state index contributed by atoms with van der Waals surface area (Å²) < 4.78 is 0. The fourth-order valence-electron chi connectivity index (χ4n) is 11.9. The molecule has 0 bridgehead atoms. The van der Waals surface area contributed by atoms with E-state index in [4.69, 9.17) is 16.0 Å². The molecule has 0 aliphatic carbocycles. The molecule has 0 spiro atoms. The van der Waals surface area contributed by atoms with Crippen LogP contribution in [0.15, 0.2) is 230 Å². The van der Waals surface area contributed by atoms with E-state index in [1.165, 1.54) is 35.4 Å². The van der Waals surface area contributed by atoms with Crippen molar-refractivity contribution in [2.24, 2.45) is 10.2 Å². The lowest BCUT2D eigenvalue weighted by molar-refractivity contribution is 0.0981. The Balaban J connectivity index is 0.000000157. The Kier molecular flexibility index (Phi) is 24.3. The topological polar surface area (TPSA) is 312 Å². The number of pyridine rings is 3. The molecular weight excluding hydrogens is 1300 g/mol. The Hall–Kier alpha value is -12.8. The summed E-state index contributed by atoms with van der Waals surface area (Å²) in [5.74, 6) is 1.37. The van der Waals surface area contributed by atoms with Gasteiger partial charge < -0.3 is 15.1 Å². The number of aryl methyl sites for hydroxylation is 4. The van der Waals surface area contributed by atoms with Crippen LogP contribution < -0.4 is 0 Å². The summed E-state index contributed by atoms with van der Waals surface area (Å²) in [5, 5.41) is 27.4. The maximum absolute atomic E-state index is 13.1. The van der Waals surface area contributed by atoms with E-state index < -0.39 is 0 Å². The van der Waals surface area contributed by atoms with Crippen molar-refractivity contribution < 1.29 is 24.6 Å². The number of nitrogens with zero attached hydrogens (tertiary/aromatic N) is 17. The standard InChI is InChI=1S/C31H33N5O.C26H22N6O2.C25H20N6O2/c1-23-5-6-25(18-28(23)20-31-33-13-11-29(34-31)27-4-3-12-32-21-27)19-30(37)26-9-7-24(8-10-26)22-36-16-14-35(2)15-17-36;1-16-5-6-18(12-24(33)21-10-17(2)23(31-32-27)14-25(21)34)11-20(16)13-26-29-9-7-22(30-26)19-4-3-8-28-15-19;1-16-4-5-17(12-23(32)21-7-6-20(30-31-26)14-24(21)33)11-19(16)13-25-28-10-8-22(29-25)18-3-2-9-27-15-18/h3-13,18,21H,14-17,19-20,22H2,1-2H3;3-11,14-15,34H,12-13H2,1-2H3;2-11,14-15,33H,12-13H2,1H3. The minimum atomic E-state index is -0.232. The van der Waals surface area contributed by atoms with Crippen LogP contribution in [0.3, 0.4) is 0 Å². The van der Waals surface area contributed by atoms with Gasteiger partial charge in [-0.15, -0.1) is 0 Å². The predicted molar refractivity (Wildman–Crippen MR) is 400 cm³/mol. The first-order valence-electron chi connectivity index (χ1n) is 33.8. The summed E-state index contributed by atoms with van der Waals surface area (Å²) in [6.07, 6.45) is 18.1. The number of aromatic hydroxyl groups is 2. The number of phenolic OH excluding ortho intramolecular Hbond substituents is 2. The van der Waals surface area contributed by atoms with Gasteiger partial charge >= 0.3 is 0 Å². The van der Waals surface area contributed by atoms with Gasteiger partial charge in [-0.3, -0.25) is 34.2 Å². The normalized spacial score (nSPS) is 11.9. The zero-order valence-corrected chi connectivity index (χ0v) is 58.3. The van der Waals surface area contributed by atoms with Gasteiger partial charge in [0.15, 0.2) is 17.3 Å². The van der Waals surface area contributed by atoms with Gasteiger partial charge in [0.25, 0.3) is 0 Å². The molecule has 1 aliphatic heterocycles. The molecule has 0 atom stereocenters. The maximum Gasteiger partial charge on any atom is 0.170 e. The molecule has 1 fully saturated rings. The molecule has 6 aromatic carbocycles. The molecule has 104 heavy (non-hydrogen) atoms. The summed E-state index contributed by atoms with van der Waals surface area (Å²) in [6.45, 7) is 13.2. The fraction of sp³-hybridized carbons (Fsp3) is 0.195. The largest absolute Gasteiger partial charge is 0.507 e. The van der Waals surface area contributed by atoms with Crippen molar-refractivity contribution in [3.63, 3.8) is 0 Å². The number of phenols is 2. The van der Waals surface area contributed by atoms with Gasteiger partial charge in [0, 0.05) is 170 Å². The highest BCUT2D eigenvalue weighted by Gasteiger charge is 2.20. The molecule has 1 aliphatic rings. The van der Waals surface area contributed by atoms with Crippen LogP contribution >= 0.6 is 0 Å². The Morgan fingerprint density at radius 3 is 1.29 bits per heavy atom. The summed E-state index contributed by atoms with van der Waals surface area (Å²) in [7, 11) is 2.17. The van der Waals surface area contributed by atoms with Crippen molar-refractivity contribution in [2.75, 3.05) is 33.2 Å². The van der Waals surface area contributed by atoms with E-state index in [-0.39, 0.29) is 58.5 Å². The predicted octanol–water partition coefficient (Wildman–Crippen LogP) is 15.9. The average Bonchev–Trinajstić information content (AvgIpc) is 0.781. The first kappa shape index (κ1) is 72.4. The van der Waals surface area contributed by atoms with Crippen molar-refractivity contribution in [2.45, 2.75) is 72.8 Å². The van der Waals surface area contributed by atoms with E-state index in [0.717, 1.165) is 122 Å². The molecule has 12 aromatic rings. The molecule has 22 nitrogen and oxygen atoms in total. The molecule has 0 saturated carbocycles. The highest BCUT2D eigenvalue weighted by molar-refractivity contribution is 6.01. The fourth-order valence-corrected chi connectivity index (χ4v) is 11.9. The highest BCUT2D eigenvalue weighted by Crippen LogP contribution is 2.31. The summed E-state index contributed by atoms with van der Waals surface area (Å²) >= 11 is 0. The Labute approximate surface area is 602 Å². The van der Waals surface area contributed by atoms with Crippen LogP contribution in [0.25, 0.3) is 54.7 Å². The number of carbonyl (C=O) groups is 3. The first-order valence-corrected chi connectivity index (χ1v) is 33.8. The zero-order valence-electron chi connectivity index (χ0n) is 58.3. The Morgan fingerprint density at radius 1 is 0.442 bits per heavy atom. The van der Waals surface area contributed by atoms with Gasteiger partial charge in [0.2, 0.25) is 0 Å². The van der Waals surface area contributed by atoms with Crippen LogP contribution in [-0.2, 0) is 45.1 Å². The van der Waals surface area contributed by atoms with Gasteiger partial charge in [-0.1, -0.05) is 95.2 Å². The van der Waals surface area contributed by atoms with Crippen LogP contribution in [0.4, 0.5) is 11.4 Å². The van der Waals surface area contributed by atoms with E-state index in [0.29, 0.717) is 48.6 Å². The van der Waals surface area contributed by atoms with Crippen molar-refractivity contribution in [1.29, 1.82) is 0 Å². The molecule has 518 valence electrons. The average molecular weight is 1380 g/mol. The molecule has 13 rings (SSSR count). The molecule has 0 radical (unpaired) electrons. The van der Waals surface area contributed by atoms with Crippen molar-refractivity contribution in [3.8, 4) is 45.3 Å². The third-order valence-electron chi connectivity index (χ3n) is 17.9. The van der Waals surface area contributed by atoms with E-state index in [9.17, 15) is 24.6 Å². The second-order valence-electron chi connectivity index (χ2n) is 25.4. The number of hydrogen-bond donors (Lipinski definition) is 2. The van der Waals surface area contributed by atoms with Gasteiger partial charge in [-0.25, -0.2) is 29.9 Å². The van der Waals surface area contributed by atoms with E-state index in [1.807, 2.05) is 129 Å². The molecular formula is C82H75N17O5. The minimum Gasteiger partial charge on any atom is -0.507 e.